The number of nitrogens with one attached hydrogen (secondary N) is 1. The third kappa shape index (κ3) is 2.76. The molecule has 2 saturated heterocycles. The number of likely N-dealkylation sites (tertiary alicyclic amines) is 1. The third-order valence-electron chi connectivity index (χ3n) is 5.02. The fourth-order valence-corrected chi connectivity index (χ4v) is 4.11. The Kier molecular flexibility index (Phi) is 4.73. The van der Waals surface area contributed by atoms with Crippen molar-refractivity contribution in [2.45, 2.75) is 6.92 Å². The molecule has 3 heterocycles. The van der Waals surface area contributed by atoms with Crippen molar-refractivity contribution in [1.29, 1.82) is 0 Å². The molecule has 0 radical (unpaired) electrons. The summed E-state index contributed by atoms with van der Waals surface area (Å²) in [4.78, 5) is 27.0. The summed E-state index contributed by atoms with van der Waals surface area (Å²) in [5.41, 5.74) is 0.827. The number of hydrogen-bond donors (Lipinski definition) is 1. The Bertz CT molecular complexity index is 855. The van der Waals surface area contributed by atoms with Crippen LogP contribution in [-0.2, 0) is 0 Å². The maximum Gasteiger partial charge on any atom is 0.349 e. The van der Waals surface area contributed by atoms with E-state index in [1.54, 1.807) is 11.0 Å². The zero-order valence-corrected chi connectivity index (χ0v) is 15.6. The molecule has 128 valence electrons. The molecule has 2 aromatic rings. The van der Waals surface area contributed by atoms with Crippen LogP contribution in [0.4, 0.5) is 0 Å². The molecule has 1 N–H and O–H groups in total. The molecule has 7 heteroatoms. The van der Waals surface area contributed by atoms with Gasteiger partial charge in [-0.25, -0.2) is 4.79 Å². The van der Waals surface area contributed by atoms with Crippen molar-refractivity contribution in [3.8, 4) is 0 Å². The highest BCUT2D eigenvalue weighted by Gasteiger charge is 2.39. The lowest BCUT2D eigenvalue weighted by molar-refractivity contribution is 0.0777. The number of nitrogens with zero attached hydrogens (tertiary/aromatic N) is 1. The summed E-state index contributed by atoms with van der Waals surface area (Å²) in [6.07, 6.45) is 0. The molecule has 0 spiro atoms. The van der Waals surface area contributed by atoms with E-state index in [0.717, 1.165) is 22.9 Å². The van der Waals surface area contributed by atoms with Gasteiger partial charge in [0.25, 0.3) is 5.91 Å². The van der Waals surface area contributed by atoms with Gasteiger partial charge in [-0.15, -0.1) is 12.4 Å². The van der Waals surface area contributed by atoms with E-state index in [4.69, 9.17) is 4.42 Å². The predicted molar refractivity (Wildman–Crippen MR) is 97.9 cm³/mol. The first-order chi connectivity index (χ1) is 11.0. The quantitative estimate of drug-likeness (QED) is 0.730. The average molecular weight is 414 g/mol. The first kappa shape index (κ1) is 17.5. The second-order valence-electron chi connectivity index (χ2n) is 6.42. The van der Waals surface area contributed by atoms with Crippen LogP contribution in [0, 0.1) is 18.8 Å². The van der Waals surface area contributed by atoms with E-state index in [9.17, 15) is 9.59 Å². The molecule has 4 rings (SSSR count). The highest BCUT2D eigenvalue weighted by molar-refractivity contribution is 9.10. The molecule has 0 saturated carbocycles. The number of aryl methyl sites for hydroxylation is 1. The van der Waals surface area contributed by atoms with Crippen LogP contribution in [-0.4, -0.2) is 37.0 Å². The Hall–Kier alpha value is -1.37. The van der Waals surface area contributed by atoms with Crippen LogP contribution in [0.1, 0.15) is 15.9 Å². The fraction of sp³-hybridized carbons (Fsp3) is 0.412. The Morgan fingerprint density at radius 2 is 1.96 bits per heavy atom. The first-order valence-corrected chi connectivity index (χ1v) is 8.57. The molecular weight excluding hydrogens is 396 g/mol. The minimum atomic E-state index is -0.544. The van der Waals surface area contributed by atoms with Gasteiger partial charge in [0.15, 0.2) is 0 Å². The third-order valence-corrected chi connectivity index (χ3v) is 5.51. The maximum atomic E-state index is 12.9. The van der Waals surface area contributed by atoms with Crippen LogP contribution in [0.5, 0.6) is 0 Å². The topological polar surface area (TPSA) is 62.6 Å². The number of fused-ring (bicyclic) bond motifs is 2. The molecule has 0 bridgehead atoms. The summed E-state index contributed by atoms with van der Waals surface area (Å²) in [5.74, 6) is 0.800. The molecule has 0 aliphatic carbocycles. The molecular formula is C17H18BrClN2O3. The van der Waals surface area contributed by atoms with Gasteiger partial charge < -0.3 is 14.6 Å². The van der Waals surface area contributed by atoms with Crippen LogP contribution < -0.4 is 10.9 Å². The zero-order valence-electron chi connectivity index (χ0n) is 13.2. The Morgan fingerprint density at radius 3 is 2.62 bits per heavy atom. The largest absolute Gasteiger partial charge is 0.422 e. The summed E-state index contributed by atoms with van der Waals surface area (Å²) in [6.45, 7) is 5.15. The molecule has 1 aromatic carbocycles. The molecule has 0 unspecified atom stereocenters. The van der Waals surface area contributed by atoms with Crippen LogP contribution in [0.25, 0.3) is 11.0 Å². The van der Waals surface area contributed by atoms with Gasteiger partial charge in [0.05, 0.1) is 0 Å². The molecule has 5 nitrogen and oxygen atoms in total. The van der Waals surface area contributed by atoms with Gasteiger partial charge in [-0.05, 0) is 42.5 Å². The van der Waals surface area contributed by atoms with Gasteiger partial charge >= 0.3 is 5.63 Å². The fourth-order valence-electron chi connectivity index (χ4n) is 3.75. The van der Waals surface area contributed by atoms with Crippen LogP contribution in [0.3, 0.4) is 0 Å². The number of benzene rings is 1. The lowest BCUT2D eigenvalue weighted by Crippen LogP contribution is -2.35. The minimum absolute atomic E-state index is 0. The van der Waals surface area contributed by atoms with E-state index in [0.29, 0.717) is 36.1 Å². The van der Waals surface area contributed by atoms with Crippen molar-refractivity contribution in [1.82, 2.24) is 10.2 Å². The van der Waals surface area contributed by atoms with Crippen LogP contribution in [0.2, 0.25) is 0 Å². The SMILES string of the molecule is Cc1c(C(=O)N2C[C@H]3CNC[C@H]3C2)c(=O)oc2ccc(Br)cc12.Cl. The lowest BCUT2D eigenvalue weighted by atomic mass is 10.0. The lowest BCUT2D eigenvalue weighted by Gasteiger charge is -2.18. The number of hydrogen-bond acceptors (Lipinski definition) is 4. The maximum absolute atomic E-state index is 12.9. The minimum Gasteiger partial charge on any atom is -0.422 e. The molecule has 2 atom stereocenters. The van der Waals surface area contributed by atoms with Crippen LogP contribution in [0.15, 0.2) is 31.9 Å². The normalized spacial score (nSPS) is 22.5. The monoisotopic (exact) mass is 412 g/mol. The van der Waals surface area contributed by atoms with Gasteiger partial charge in [0, 0.05) is 36.0 Å². The molecule has 1 aromatic heterocycles. The van der Waals surface area contributed by atoms with E-state index >= 15 is 0 Å². The zero-order chi connectivity index (χ0) is 16.1. The van der Waals surface area contributed by atoms with Crippen molar-refractivity contribution in [2.24, 2.45) is 11.8 Å². The van der Waals surface area contributed by atoms with E-state index in [-0.39, 0.29) is 23.9 Å². The average Bonchev–Trinajstić information content (AvgIpc) is 3.09. The number of carbonyl (C=O) groups is 1. The van der Waals surface area contributed by atoms with Crippen molar-refractivity contribution >= 4 is 45.2 Å². The molecule has 2 aliphatic rings. The highest BCUT2D eigenvalue weighted by Crippen LogP contribution is 2.29. The van der Waals surface area contributed by atoms with Gasteiger partial charge in [-0.2, -0.15) is 0 Å². The Morgan fingerprint density at radius 1 is 1.29 bits per heavy atom. The number of rotatable bonds is 1. The number of amides is 1. The van der Waals surface area contributed by atoms with E-state index in [1.165, 1.54) is 0 Å². The summed E-state index contributed by atoms with van der Waals surface area (Å²) in [7, 11) is 0. The Balaban J connectivity index is 0.00000169. The number of halogens is 2. The molecule has 2 aliphatic heterocycles. The van der Waals surface area contributed by atoms with E-state index in [1.807, 2.05) is 19.1 Å². The summed E-state index contributed by atoms with van der Waals surface area (Å²) >= 11 is 3.42. The standard InChI is InChI=1S/C17H17BrN2O3.ClH/c1-9-13-4-12(18)2-3-14(13)23-17(22)15(9)16(21)20-7-10-5-19-6-11(10)8-20;/h2-4,10-11,19H,5-8H2,1H3;1H/t10-,11+;. The smallest absolute Gasteiger partial charge is 0.349 e. The van der Waals surface area contributed by atoms with Crippen molar-refractivity contribution in [3.05, 3.63) is 44.2 Å². The molecule has 1 amide bonds. The van der Waals surface area contributed by atoms with E-state index < -0.39 is 5.63 Å². The van der Waals surface area contributed by atoms with Crippen LogP contribution >= 0.6 is 28.3 Å². The summed E-state index contributed by atoms with van der Waals surface area (Å²) < 4.78 is 6.26. The predicted octanol–water partition coefficient (Wildman–Crippen LogP) is 2.58. The summed E-state index contributed by atoms with van der Waals surface area (Å²) in [6, 6.07) is 5.45. The van der Waals surface area contributed by atoms with Gasteiger partial charge in [-0.1, -0.05) is 15.9 Å². The second kappa shape index (κ2) is 6.50. The van der Waals surface area contributed by atoms with Crippen molar-refractivity contribution < 1.29 is 9.21 Å². The Labute approximate surface area is 153 Å². The van der Waals surface area contributed by atoms with Crippen molar-refractivity contribution in [3.63, 3.8) is 0 Å². The van der Waals surface area contributed by atoms with Gasteiger partial charge in [-0.3, -0.25) is 4.79 Å². The van der Waals surface area contributed by atoms with Gasteiger partial charge in [0.2, 0.25) is 0 Å². The van der Waals surface area contributed by atoms with Gasteiger partial charge in [0.1, 0.15) is 11.1 Å². The molecule has 2 fully saturated rings. The number of carbonyl (C=O) groups excluding carboxylic acids is 1. The van der Waals surface area contributed by atoms with Crippen molar-refractivity contribution in [2.75, 3.05) is 26.2 Å². The highest BCUT2D eigenvalue weighted by atomic mass is 79.9. The first-order valence-electron chi connectivity index (χ1n) is 7.77. The second-order valence-corrected chi connectivity index (χ2v) is 7.33. The summed E-state index contributed by atoms with van der Waals surface area (Å²) in [5, 5.41) is 4.15. The molecule has 24 heavy (non-hydrogen) atoms. The van der Waals surface area contributed by atoms with E-state index in [2.05, 4.69) is 21.2 Å².